The van der Waals surface area contributed by atoms with Gasteiger partial charge in [0.25, 0.3) is 0 Å². The standard InChI is InChI=1S/C14H26N2O3/c1-11(2)9-16-10-12(8-13(16)18)14(19)15-6-4-3-5-7-17/h11-12,17H,3-10H2,1-2H3,(H,15,19). The molecule has 2 N–H and O–H groups in total. The van der Waals surface area contributed by atoms with Gasteiger partial charge in [0, 0.05) is 32.7 Å². The summed E-state index contributed by atoms with van der Waals surface area (Å²) in [5.41, 5.74) is 0. The van der Waals surface area contributed by atoms with Crippen molar-refractivity contribution in [2.75, 3.05) is 26.2 Å². The predicted octanol–water partition coefficient (Wildman–Crippen LogP) is 0.770. The highest BCUT2D eigenvalue weighted by Crippen LogP contribution is 2.19. The van der Waals surface area contributed by atoms with E-state index in [4.69, 9.17) is 5.11 Å². The molecule has 1 saturated heterocycles. The van der Waals surface area contributed by atoms with Crippen molar-refractivity contribution in [1.82, 2.24) is 10.2 Å². The van der Waals surface area contributed by atoms with E-state index in [1.54, 1.807) is 4.90 Å². The Bertz CT molecular complexity index is 305. The van der Waals surface area contributed by atoms with Gasteiger partial charge in [0.15, 0.2) is 0 Å². The summed E-state index contributed by atoms with van der Waals surface area (Å²) in [6.45, 7) is 6.27. The third-order valence-electron chi connectivity index (χ3n) is 3.30. The number of aliphatic hydroxyl groups excluding tert-OH is 1. The first-order chi connectivity index (χ1) is 9.04. The van der Waals surface area contributed by atoms with Gasteiger partial charge in [-0.15, -0.1) is 0 Å². The van der Waals surface area contributed by atoms with Crippen LogP contribution >= 0.6 is 0 Å². The Hall–Kier alpha value is -1.10. The monoisotopic (exact) mass is 270 g/mol. The number of hydrogen-bond donors (Lipinski definition) is 2. The molecule has 0 radical (unpaired) electrons. The second-order valence-electron chi connectivity index (χ2n) is 5.67. The Balaban J connectivity index is 2.25. The molecule has 1 aliphatic heterocycles. The summed E-state index contributed by atoms with van der Waals surface area (Å²) in [7, 11) is 0. The first kappa shape index (κ1) is 16.0. The molecule has 0 aliphatic carbocycles. The van der Waals surface area contributed by atoms with Crippen molar-refractivity contribution in [2.45, 2.75) is 39.5 Å². The lowest BCUT2D eigenvalue weighted by molar-refractivity contribution is -0.129. The minimum absolute atomic E-state index is 0.0106. The van der Waals surface area contributed by atoms with E-state index in [1.165, 1.54) is 0 Å². The Morgan fingerprint density at radius 3 is 2.79 bits per heavy atom. The lowest BCUT2D eigenvalue weighted by atomic mass is 10.1. The third kappa shape index (κ3) is 5.59. The third-order valence-corrected chi connectivity index (χ3v) is 3.30. The smallest absolute Gasteiger partial charge is 0.225 e. The molecule has 19 heavy (non-hydrogen) atoms. The lowest BCUT2D eigenvalue weighted by Crippen LogP contribution is -2.34. The molecule has 1 fully saturated rings. The molecule has 0 aromatic heterocycles. The largest absolute Gasteiger partial charge is 0.396 e. The van der Waals surface area contributed by atoms with Crippen LogP contribution in [-0.2, 0) is 9.59 Å². The second-order valence-corrected chi connectivity index (χ2v) is 5.67. The highest BCUT2D eigenvalue weighted by atomic mass is 16.3. The molecule has 1 aliphatic rings. The van der Waals surface area contributed by atoms with Crippen LogP contribution in [-0.4, -0.2) is 48.1 Å². The molecule has 1 heterocycles. The maximum atomic E-state index is 11.9. The molecule has 0 aromatic carbocycles. The van der Waals surface area contributed by atoms with Gasteiger partial charge in [-0.3, -0.25) is 9.59 Å². The minimum Gasteiger partial charge on any atom is -0.396 e. The van der Waals surface area contributed by atoms with Crippen LogP contribution in [0.4, 0.5) is 0 Å². The summed E-state index contributed by atoms with van der Waals surface area (Å²) in [5, 5.41) is 11.5. The molecule has 1 atom stereocenters. The number of nitrogens with one attached hydrogen (secondary N) is 1. The number of amides is 2. The van der Waals surface area contributed by atoms with E-state index in [1.807, 2.05) is 0 Å². The van der Waals surface area contributed by atoms with Gasteiger partial charge in [-0.2, -0.15) is 0 Å². The van der Waals surface area contributed by atoms with Gasteiger partial charge in [0.05, 0.1) is 5.92 Å². The van der Waals surface area contributed by atoms with Gasteiger partial charge in [-0.05, 0) is 25.2 Å². The molecule has 5 nitrogen and oxygen atoms in total. The SMILES string of the molecule is CC(C)CN1CC(C(=O)NCCCCCO)CC1=O. The van der Waals surface area contributed by atoms with E-state index in [9.17, 15) is 9.59 Å². The molecule has 1 rings (SSSR count). The van der Waals surface area contributed by atoms with Crippen LogP contribution in [0.15, 0.2) is 0 Å². The van der Waals surface area contributed by atoms with Gasteiger partial charge < -0.3 is 15.3 Å². The molecule has 0 aromatic rings. The summed E-state index contributed by atoms with van der Waals surface area (Å²) in [6, 6.07) is 0. The zero-order valence-electron chi connectivity index (χ0n) is 12.0. The number of nitrogens with zero attached hydrogens (tertiary/aromatic N) is 1. The highest BCUT2D eigenvalue weighted by Gasteiger charge is 2.34. The number of unbranched alkanes of at least 4 members (excludes halogenated alkanes) is 2. The Morgan fingerprint density at radius 1 is 1.42 bits per heavy atom. The van der Waals surface area contributed by atoms with Gasteiger partial charge in [-0.1, -0.05) is 13.8 Å². The lowest BCUT2D eigenvalue weighted by Gasteiger charge is -2.18. The van der Waals surface area contributed by atoms with Crippen molar-refractivity contribution < 1.29 is 14.7 Å². The van der Waals surface area contributed by atoms with E-state index in [0.29, 0.717) is 25.4 Å². The fourth-order valence-corrected chi connectivity index (χ4v) is 2.33. The Labute approximate surface area is 115 Å². The van der Waals surface area contributed by atoms with Gasteiger partial charge in [0.1, 0.15) is 0 Å². The number of carbonyl (C=O) groups is 2. The highest BCUT2D eigenvalue weighted by molar-refractivity contribution is 5.89. The maximum Gasteiger partial charge on any atom is 0.225 e. The van der Waals surface area contributed by atoms with E-state index in [-0.39, 0.29) is 24.3 Å². The van der Waals surface area contributed by atoms with Gasteiger partial charge in [0.2, 0.25) is 11.8 Å². The fourth-order valence-electron chi connectivity index (χ4n) is 2.33. The van der Waals surface area contributed by atoms with Crippen LogP contribution in [0.3, 0.4) is 0 Å². The average Bonchev–Trinajstić information content (AvgIpc) is 2.70. The number of carbonyl (C=O) groups excluding carboxylic acids is 2. The van der Waals surface area contributed by atoms with Crippen LogP contribution in [0.2, 0.25) is 0 Å². The Kier molecular flexibility index (Phi) is 6.84. The van der Waals surface area contributed by atoms with Gasteiger partial charge in [-0.25, -0.2) is 0 Å². The van der Waals surface area contributed by atoms with Gasteiger partial charge >= 0.3 is 0 Å². The maximum absolute atomic E-state index is 11.9. The molecule has 2 amide bonds. The summed E-state index contributed by atoms with van der Waals surface area (Å²) >= 11 is 0. The van der Waals surface area contributed by atoms with Crippen molar-refractivity contribution in [3.05, 3.63) is 0 Å². The molecule has 110 valence electrons. The molecule has 5 heteroatoms. The predicted molar refractivity (Wildman–Crippen MR) is 73.5 cm³/mol. The molecule has 0 spiro atoms. The number of likely N-dealkylation sites (tertiary alicyclic amines) is 1. The van der Waals surface area contributed by atoms with Crippen LogP contribution in [0, 0.1) is 11.8 Å². The minimum atomic E-state index is -0.191. The second kappa shape index (κ2) is 8.15. The van der Waals surface area contributed by atoms with Crippen molar-refractivity contribution in [1.29, 1.82) is 0 Å². The van der Waals surface area contributed by atoms with Crippen molar-refractivity contribution in [3.8, 4) is 0 Å². The number of hydrogen-bond acceptors (Lipinski definition) is 3. The topological polar surface area (TPSA) is 69.6 Å². The van der Waals surface area contributed by atoms with E-state index >= 15 is 0 Å². The molecule has 1 unspecified atom stereocenters. The fraction of sp³-hybridized carbons (Fsp3) is 0.857. The first-order valence-electron chi connectivity index (χ1n) is 7.21. The van der Waals surface area contributed by atoms with E-state index in [2.05, 4.69) is 19.2 Å². The molecule has 0 bridgehead atoms. The molecule has 0 saturated carbocycles. The summed E-state index contributed by atoms with van der Waals surface area (Å²) in [6.07, 6.45) is 2.91. The summed E-state index contributed by atoms with van der Waals surface area (Å²) in [5.74, 6) is 0.325. The summed E-state index contributed by atoms with van der Waals surface area (Å²) in [4.78, 5) is 25.5. The molecular weight excluding hydrogens is 244 g/mol. The first-order valence-corrected chi connectivity index (χ1v) is 7.21. The Morgan fingerprint density at radius 2 is 2.16 bits per heavy atom. The zero-order chi connectivity index (χ0) is 14.3. The van der Waals surface area contributed by atoms with Crippen molar-refractivity contribution >= 4 is 11.8 Å². The number of rotatable bonds is 8. The normalized spacial score (nSPS) is 19.3. The van der Waals surface area contributed by atoms with E-state index in [0.717, 1.165) is 25.8 Å². The summed E-state index contributed by atoms with van der Waals surface area (Å²) < 4.78 is 0. The van der Waals surface area contributed by atoms with Crippen LogP contribution in [0.25, 0.3) is 0 Å². The van der Waals surface area contributed by atoms with E-state index < -0.39 is 0 Å². The van der Waals surface area contributed by atoms with Crippen molar-refractivity contribution in [3.63, 3.8) is 0 Å². The average molecular weight is 270 g/mol. The number of aliphatic hydroxyl groups is 1. The quantitative estimate of drug-likeness (QED) is 0.640. The van der Waals surface area contributed by atoms with Crippen molar-refractivity contribution in [2.24, 2.45) is 11.8 Å². The van der Waals surface area contributed by atoms with Crippen LogP contribution < -0.4 is 5.32 Å². The van der Waals surface area contributed by atoms with Crippen LogP contribution in [0.5, 0.6) is 0 Å². The van der Waals surface area contributed by atoms with Crippen LogP contribution in [0.1, 0.15) is 39.5 Å². The zero-order valence-corrected chi connectivity index (χ0v) is 12.0. The molecular formula is C14H26N2O3.